The van der Waals surface area contributed by atoms with Gasteiger partial charge in [0.25, 0.3) is 5.91 Å². The van der Waals surface area contributed by atoms with Gasteiger partial charge >= 0.3 is 0 Å². The van der Waals surface area contributed by atoms with Crippen LogP contribution in [0.5, 0.6) is 0 Å². The van der Waals surface area contributed by atoms with Gasteiger partial charge < -0.3 is 9.80 Å². The van der Waals surface area contributed by atoms with Crippen LogP contribution < -0.4 is 10.0 Å². The number of primary sulfonamides is 1. The number of nitrogens with two attached hydrogens (primary N) is 1. The Kier molecular flexibility index (Phi) is 5.56. The molecule has 1 aliphatic heterocycles. The molecule has 0 spiro atoms. The molecule has 1 saturated heterocycles. The Balaban J connectivity index is 1.76. The molecule has 2 N–H and O–H groups in total. The number of piperazine rings is 1. The maximum Gasteiger partial charge on any atom is 0.257 e. The average Bonchev–Trinajstić information content (AvgIpc) is 2.68. The molecule has 1 heterocycles. The first-order chi connectivity index (χ1) is 13.2. The van der Waals surface area contributed by atoms with E-state index in [9.17, 15) is 22.9 Å². The van der Waals surface area contributed by atoms with E-state index in [1.165, 1.54) is 35.2 Å². The highest BCUT2D eigenvalue weighted by molar-refractivity contribution is 7.89. The standard InChI is InChI=1S/C18H16ClFN4O3S/c19-13-1-3-16(20)15(10-13)18(25)24-7-5-23(6-8-24)17-4-2-14(28(22,26)27)9-12(17)11-21/h1-4,9-10H,5-8H2,(H2,22,26,27). The predicted octanol–water partition coefficient (Wildman–Crippen LogP) is 1.96. The molecule has 10 heteroatoms. The van der Waals surface area contributed by atoms with Crippen molar-refractivity contribution < 1.29 is 17.6 Å². The molecule has 1 fully saturated rings. The van der Waals surface area contributed by atoms with Gasteiger partial charge in [-0.15, -0.1) is 0 Å². The molecule has 0 atom stereocenters. The van der Waals surface area contributed by atoms with Gasteiger partial charge in [0.2, 0.25) is 10.0 Å². The number of hydrogen-bond acceptors (Lipinski definition) is 5. The summed E-state index contributed by atoms with van der Waals surface area (Å²) in [4.78, 5) is 15.8. The number of sulfonamides is 1. The number of amides is 1. The molecule has 0 aromatic heterocycles. The Hall–Kier alpha value is -2.67. The number of carbonyl (C=O) groups excluding carboxylic acids is 1. The van der Waals surface area contributed by atoms with Gasteiger partial charge in [0.05, 0.1) is 21.7 Å². The van der Waals surface area contributed by atoms with Gasteiger partial charge in [-0.1, -0.05) is 11.6 Å². The highest BCUT2D eigenvalue weighted by atomic mass is 35.5. The molecule has 7 nitrogen and oxygen atoms in total. The van der Waals surface area contributed by atoms with Crippen molar-refractivity contribution >= 4 is 33.2 Å². The summed E-state index contributed by atoms with van der Waals surface area (Å²) in [6, 6.07) is 9.88. The third-order valence-electron chi connectivity index (χ3n) is 4.48. The summed E-state index contributed by atoms with van der Waals surface area (Å²) in [5.74, 6) is -1.09. The molecule has 28 heavy (non-hydrogen) atoms. The second-order valence-corrected chi connectivity index (χ2v) is 8.24. The summed E-state index contributed by atoms with van der Waals surface area (Å²) in [7, 11) is -3.91. The van der Waals surface area contributed by atoms with Gasteiger partial charge in [0.15, 0.2) is 0 Å². The number of hydrogen-bond donors (Lipinski definition) is 1. The molecule has 0 radical (unpaired) electrons. The lowest BCUT2D eigenvalue weighted by Gasteiger charge is -2.36. The molecular formula is C18H16ClFN4O3S. The Morgan fingerprint density at radius 2 is 1.82 bits per heavy atom. The first-order valence-corrected chi connectivity index (χ1v) is 10.2. The number of anilines is 1. The van der Waals surface area contributed by atoms with Crippen molar-refractivity contribution in [2.24, 2.45) is 5.14 Å². The van der Waals surface area contributed by atoms with Crippen LogP contribution in [0.25, 0.3) is 0 Å². The predicted molar refractivity (Wildman–Crippen MR) is 102 cm³/mol. The summed E-state index contributed by atoms with van der Waals surface area (Å²) in [6.07, 6.45) is 0. The Labute approximate surface area is 166 Å². The van der Waals surface area contributed by atoms with Crippen LogP contribution in [0, 0.1) is 17.1 Å². The summed E-state index contributed by atoms with van der Waals surface area (Å²) in [5.41, 5.74) is 0.638. The molecule has 3 rings (SSSR count). The molecule has 146 valence electrons. The number of halogens is 2. The second kappa shape index (κ2) is 7.75. The van der Waals surface area contributed by atoms with E-state index in [2.05, 4.69) is 0 Å². The van der Waals surface area contributed by atoms with Crippen LogP contribution in [0.15, 0.2) is 41.3 Å². The number of rotatable bonds is 3. The molecular weight excluding hydrogens is 407 g/mol. The zero-order valence-corrected chi connectivity index (χ0v) is 16.2. The van der Waals surface area contributed by atoms with Crippen molar-refractivity contribution in [2.75, 3.05) is 31.1 Å². The van der Waals surface area contributed by atoms with E-state index in [-0.39, 0.29) is 21.0 Å². The van der Waals surface area contributed by atoms with Crippen molar-refractivity contribution in [3.63, 3.8) is 0 Å². The van der Waals surface area contributed by atoms with E-state index in [1.54, 1.807) is 0 Å². The third kappa shape index (κ3) is 4.09. The molecule has 2 aromatic rings. The van der Waals surface area contributed by atoms with Crippen LogP contribution >= 0.6 is 11.6 Å². The fourth-order valence-electron chi connectivity index (χ4n) is 3.04. The van der Waals surface area contributed by atoms with Gasteiger partial charge in [-0.05, 0) is 36.4 Å². The van der Waals surface area contributed by atoms with Crippen molar-refractivity contribution in [2.45, 2.75) is 4.90 Å². The second-order valence-electron chi connectivity index (χ2n) is 6.24. The Morgan fingerprint density at radius 1 is 1.14 bits per heavy atom. The lowest BCUT2D eigenvalue weighted by Crippen LogP contribution is -2.49. The summed E-state index contributed by atoms with van der Waals surface area (Å²) in [5, 5.41) is 14.7. The molecule has 0 unspecified atom stereocenters. The SMILES string of the molecule is N#Cc1cc(S(N)(=O)=O)ccc1N1CCN(C(=O)c2cc(Cl)ccc2F)CC1. The quantitative estimate of drug-likeness (QED) is 0.813. The average molecular weight is 423 g/mol. The van der Waals surface area contributed by atoms with Gasteiger partial charge in [-0.2, -0.15) is 5.26 Å². The number of nitriles is 1. The topological polar surface area (TPSA) is 107 Å². The van der Waals surface area contributed by atoms with Gasteiger partial charge in [-0.25, -0.2) is 17.9 Å². The van der Waals surface area contributed by atoms with Crippen molar-refractivity contribution in [3.8, 4) is 6.07 Å². The van der Waals surface area contributed by atoms with E-state index in [0.717, 1.165) is 6.07 Å². The van der Waals surface area contributed by atoms with Crippen LogP contribution in [-0.4, -0.2) is 45.4 Å². The highest BCUT2D eigenvalue weighted by Gasteiger charge is 2.26. The van der Waals surface area contributed by atoms with Gasteiger partial charge in [0, 0.05) is 31.2 Å². The Bertz CT molecular complexity index is 1080. The lowest BCUT2D eigenvalue weighted by atomic mass is 10.1. The molecule has 1 amide bonds. The number of carbonyl (C=O) groups is 1. The minimum atomic E-state index is -3.91. The van der Waals surface area contributed by atoms with E-state index in [1.807, 2.05) is 11.0 Å². The van der Waals surface area contributed by atoms with Crippen LogP contribution in [-0.2, 0) is 10.0 Å². The van der Waals surface area contributed by atoms with E-state index in [4.69, 9.17) is 16.7 Å². The first kappa shape index (κ1) is 20.1. The lowest BCUT2D eigenvalue weighted by molar-refractivity contribution is 0.0742. The van der Waals surface area contributed by atoms with Crippen LogP contribution in [0.1, 0.15) is 15.9 Å². The largest absolute Gasteiger partial charge is 0.367 e. The molecule has 1 aliphatic rings. The van der Waals surface area contributed by atoms with Crippen LogP contribution in [0.4, 0.5) is 10.1 Å². The van der Waals surface area contributed by atoms with Crippen molar-refractivity contribution in [1.82, 2.24) is 4.90 Å². The normalized spacial score (nSPS) is 14.6. The first-order valence-electron chi connectivity index (χ1n) is 8.27. The smallest absolute Gasteiger partial charge is 0.257 e. The summed E-state index contributed by atoms with van der Waals surface area (Å²) in [6.45, 7) is 1.42. The van der Waals surface area contributed by atoms with E-state index < -0.39 is 21.7 Å². The summed E-state index contributed by atoms with van der Waals surface area (Å²) >= 11 is 5.85. The van der Waals surface area contributed by atoms with Crippen molar-refractivity contribution in [3.05, 3.63) is 58.4 Å². The molecule has 2 aromatic carbocycles. The fourth-order valence-corrected chi connectivity index (χ4v) is 3.75. The summed E-state index contributed by atoms with van der Waals surface area (Å²) < 4.78 is 36.9. The van der Waals surface area contributed by atoms with Gasteiger partial charge in [0.1, 0.15) is 11.9 Å². The zero-order chi connectivity index (χ0) is 20.5. The number of nitrogens with zero attached hydrogens (tertiary/aromatic N) is 3. The maximum absolute atomic E-state index is 13.9. The van der Waals surface area contributed by atoms with E-state index >= 15 is 0 Å². The highest BCUT2D eigenvalue weighted by Crippen LogP contribution is 2.25. The van der Waals surface area contributed by atoms with Crippen LogP contribution in [0.2, 0.25) is 5.02 Å². The monoisotopic (exact) mass is 422 g/mol. The van der Waals surface area contributed by atoms with E-state index in [0.29, 0.717) is 31.9 Å². The third-order valence-corrected chi connectivity index (χ3v) is 5.63. The molecule has 0 saturated carbocycles. The van der Waals surface area contributed by atoms with Gasteiger partial charge in [-0.3, -0.25) is 4.79 Å². The minimum Gasteiger partial charge on any atom is -0.367 e. The Morgan fingerprint density at radius 3 is 2.43 bits per heavy atom. The minimum absolute atomic E-state index is 0.0869. The zero-order valence-electron chi connectivity index (χ0n) is 14.6. The number of benzene rings is 2. The van der Waals surface area contributed by atoms with Crippen LogP contribution in [0.3, 0.4) is 0 Å². The molecule has 0 aliphatic carbocycles. The fraction of sp³-hybridized carbons (Fsp3) is 0.222. The molecule has 0 bridgehead atoms. The van der Waals surface area contributed by atoms with Crippen molar-refractivity contribution in [1.29, 1.82) is 5.26 Å². The maximum atomic E-state index is 13.9.